The predicted octanol–water partition coefficient (Wildman–Crippen LogP) is 2.78. The van der Waals surface area contributed by atoms with Crippen molar-refractivity contribution in [2.24, 2.45) is 11.8 Å². The SMILES string of the molecule is O[C@H]1C[C@@H]2CN(Cc3cncnc3)C[C@@H]2C[C@@H]1n1ccnc1-c1ccccc1. The van der Waals surface area contributed by atoms with Gasteiger partial charge in [-0.1, -0.05) is 30.3 Å². The molecule has 1 N–H and O–H groups in total. The first-order valence-corrected chi connectivity index (χ1v) is 10.0. The van der Waals surface area contributed by atoms with E-state index in [0.29, 0.717) is 11.8 Å². The second-order valence-corrected chi connectivity index (χ2v) is 8.09. The average molecular weight is 375 g/mol. The predicted molar refractivity (Wildman–Crippen MR) is 106 cm³/mol. The van der Waals surface area contributed by atoms with Crippen LogP contribution in [0.25, 0.3) is 11.4 Å². The fraction of sp³-hybridized carbons (Fsp3) is 0.409. The fourth-order valence-electron chi connectivity index (χ4n) is 4.99. The molecule has 1 saturated carbocycles. The van der Waals surface area contributed by atoms with E-state index in [4.69, 9.17) is 0 Å². The number of hydrogen-bond acceptors (Lipinski definition) is 5. The van der Waals surface area contributed by atoms with Crippen molar-refractivity contribution in [1.82, 2.24) is 24.4 Å². The van der Waals surface area contributed by atoms with Gasteiger partial charge in [-0.3, -0.25) is 4.90 Å². The first-order valence-electron chi connectivity index (χ1n) is 10.0. The summed E-state index contributed by atoms with van der Waals surface area (Å²) in [6.45, 7) is 2.99. The van der Waals surface area contributed by atoms with Crippen molar-refractivity contribution in [2.75, 3.05) is 13.1 Å². The van der Waals surface area contributed by atoms with Gasteiger partial charge in [-0.25, -0.2) is 15.0 Å². The van der Waals surface area contributed by atoms with Gasteiger partial charge < -0.3 is 9.67 Å². The molecule has 6 heteroatoms. The van der Waals surface area contributed by atoms with Crippen LogP contribution < -0.4 is 0 Å². The highest BCUT2D eigenvalue weighted by molar-refractivity contribution is 5.55. The lowest BCUT2D eigenvalue weighted by Crippen LogP contribution is -2.36. The second-order valence-electron chi connectivity index (χ2n) is 8.09. The van der Waals surface area contributed by atoms with Gasteiger partial charge in [0.1, 0.15) is 12.2 Å². The number of aliphatic hydroxyl groups excluding tert-OH is 1. The smallest absolute Gasteiger partial charge is 0.140 e. The molecule has 1 aromatic carbocycles. The summed E-state index contributed by atoms with van der Waals surface area (Å²) in [5, 5.41) is 10.9. The summed E-state index contributed by atoms with van der Waals surface area (Å²) in [6, 6.07) is 10.3. The zero-order valence-corrected chi connectivity index (χ0v) is 15.8. The van der Waals surface area contributed by atoms with Gasteiger partial charge >= 0.3 is 0 Å². The monoisotopic (exact) mass is 375 g/mol. The molecular weight excluding hydrogens is 350 g/mol. The van der Waals surface area contributed by atoms with E-state index < -0.39 is 0 Å². The van der Waals surface area contributed by atoms with E-state index in [1.54, 1.807) is 6.33 Å². The lowest BCUT2D eigenvalue weighted by molar-refractivity contribution is 0.0365. The summed E-state index contributed by atoms with van der Waals surface area (Å²) < 4.78 is 2.18. The Morgan fingerprint density at radius 3 is 2.54 bits per heavy atom. The molecule has 4 atom stereocenters. The number of benzene rings is 1. The largest absolute Gasteiger partial charge is 0.391 e. The van der Waals surface area contributed by atoms with Crippen molar-refractivity contribution < 1.29 is 5.11 Å². The summed E-state index contributed by atoms with van der Waals surface area (Å²) in [6.07, 6.45) is 10.7. The summed E-state index contributed by atoms with van der Waals surface area (Å²) in [4.78, 5) is 15.3. The summed E-state index contributed by atoms with van der Waals surface area (Å²) >= 11 is 0. The highest BCUT2D eigenvalue weighted by Crippen LogP contribution is 2.42. The van der Waals surface area contributed by atoms with Gasteiger partial charge in [0.2, 0.25) is 0 Å². The first kappa shape index (κ1) is 17.5. The Morgan fingerprint density at radius 1 is 1.00 bits per heavy atom. The molecule has 0 bridgehead atoms. The Kier molecular flexibility index (Phi) is 4.66. The van der Waals surface area contributed by atoms with Crippen LogP contribution in [0, 0.1) is 11.8 Å². The molecular formula is C22H25N5O. The van der Waals surface area contributed by atoms with E-state index in [2.05, 4.69) is 36.6 Å². The molecule has 0 radical (unpaired) electrons. The first-order chi connectivity index (χ1) is 13.8. The zero-order chi connectivity index (χ0) is 18.9. The number of imidazole rings is 1. The van der Waals surface area contributed by atoms with Crippen LogP contribution in [0.15, 0.2) is 61.4 Å². The fourth-order valence-corrected chi connectivity index (χ4v) is 4.99. The van der Waals surface area contributed by atoms with Crippen LogP contribution in [0.1, 0.15) is 24.4 Å². The number of rotatable bonds is 4. The Hall–Kier alpha value is -2.57. The number of nitrogens with zero attached hydrogens (tertiary/aromatic N) is 5. The molecule has 5 rings (SSSR count). The van der Waals surface area contributed by atoms with Crippen molar-refractivity contribution >= 4 is 0 Å². The van der Waals surface area contributed by atoms with Gasteiger partial charge in [-0.05, 0) is 24.7 Å². The van der Waals surface area contributed by atoms with Crippen molar-refractivity contribution in [3.8, 4) is 11.4 Å². The van der Waals surface area contributed by atoms with Crippen LogP contribution in [-0.4, -0.2) is 48.7 Å². The van der Waals surface area contributed by atoms with Crippen molar-refractivity contribution in [1.29, 1.82) is 0 Å². The molecule has 0 spiro atoms. The summed E-state index contributed by atoms with van der Waals surface area (Å²) in [7, 11) is 0. The summed E-state index contributed by atoms with van der Waals surface area (Å²) in [5.74, 6) is 2.10. The number of aliphatic hydroxyl groups is 1. The maximum Gasteiger partial charge on any atom is 0.140 e. The van der Waals surface area contributed by atoms with Crippen LogP contribution in [0.5, 0.6) is 0 Å². The molecule has 3 aromatic rings. The maximum absolute atomic E-state index is 10.9. The third-order valence-electron chi connectivity index (χ3n) is 6.26. The van der Waals surface area contributed by atoms with E-state index >= 15 is 0 Å². The second kappa shape index (κ2) is 7.45. The van der Waals surface area contributed by atoms with Gasteiger partial charge in [0, 0.05) is 55.5 Å². The van der Waals surface area contributed by atoms with Gasteiger partial charge in [0.15, 0.2) is 0 Å². The molecule has 1 aliphatic carbocycles. The Labute approximate surface area is 164 Å². The Bertz CT molecular complexity index is 913. The minimum atomic E-state index is -0.335. The topological polar surface area (TPSA) is 67.1 Å². The Balaban J connectivity index is 1.33. The highest BCUT2D eigenvalue weighted by atomic mass is 16.3. The third kappa shape index (κ3) is 3.34. The average Bonchev–Trinajstić information content (AvgIpc) is 3.35. The van der Waals surface area contributed by atoms with Gasteiger partial charge in [-0.2, -0.15) is 0 Å². The molecule has 2 aromatic heterocycles. The summed E-state index contributed by atoms with van der Waals surface area (Å²) in [5.41, 5.74) is 2.25. The maximum atomic E-state index is 10.9. The molecule has 0 amide bonds. The van der Waals surface area contributed by atoms with E-state index in [-0.39, 0.29) is 12.1 Å². The van der Waals surface area contributed by atoms with E-state index in [9.17, 15) is 5.11 Å². The highest BCUT2D eigenvalue weighted by Gasteiger charge is 2.42. The van der Waals surface area contributed by atoms with Crippen LogP contribution in [0.4, 0.5) is 0 Å². The van der Waals surface area contributed by atoms with E-state index in [0.717, 1.165) is 49.4 Å². The molecule has 3 heterocycles. The number of fused-ring (bicyclic) bond motifs is 1. The molecule has 0 unspecified atom stereocenters. The van der Waals surface area contributed by atoms with Crippen LogP contribution in [-0.2, 0) is 6.54 Å². The van der Waals surface area contributed by atoms with Gasteiger partial charge in [-0.15, -0.1) is 0 Å². The zero-order valence-electron chi connectivity index (χ0n) is 15.8. The molecule has 28 heavy (non-hydrogen) atoms. The number of aromatic nitrogens is 4. The number of likely N-dealkylation sites (tertiary alicyclic amines) is 1. The Morgan fingerprint density at radius 2 is 1.75 bits per heavy atom. The lowest BCUT2D eigenvalue weighted by atomic mass is 9.77. The molecule has 2 fully saturated rings. The standard InChI is InChI=1S/C22H25N5O/c28-21-9-19-14-26(12-16-10-23-15-24-11-16)13-18(19)8-20(21)27-7-6-25-22(27)17-4-2-1-3-5-17/h1-7,10-11,15,18-21,28H,8-9,12-14H2/t18-,19+,20-,21-/m0/s1. The van der Waals surface area contributed by atoms with Crippen LogP contribution in [0.2, 0.25) is 0 Å². The quantitative estimate of drug-likeness (QED) is 0.760. The molecule has 144 valence electrons. The molecule has 1 saturated heterocycles. The molecule has 1 aliphatic heterocycles. The molecule has 6 nitrogen and oxygen atoms in total. The van der Waals surface area contributed by atoms with Gasteiger partial charge in [0.05, 0.1) is 12.1 Å². The van der Waals surface area contributed by atoms with E-state index in [1.165, 1.54) is 0 Å². The molecule has 2 aliphatic rings. The van der Waals surface area contributed by atoms with Gasteiger partial charge in [0.25, 0.3) is 0 Å². The number of hydrogen-bond donors (Lipinski definition) is 1. The minimum Gasteiger partial charge on any atom is -0.391 e. The van der Waals surface area contributed by atoms with Crippen molar-refractivity contribution in [3.05, 3.63) is 67.0 Å². The van der Waals surface area contributed by atoms with Crippen LogP contribution in [0.3, 0.4) is 0 Å². The minimum absolute atomic E-state index is 0.0824. The van der Waals surface area contributed by atoms with Crippen molar-refractivity contribution in [3.63, 3.8) is 0 Å². The van der Waals surface area contributed by atoms with E-state index in [1.807, 2.05) is 43.0 Å². The third-order valence-corrected chi connectivity index (χ3v) is 6.26. The van der Waals surface area contributed by atoms with Crippen molar-refractivity contribution in [2.45, 2.75) is 31.5 Å². The normalized spacial score (nSPS) is 27.6. The lowest BCUT2D eigenvalue weighted by Gasteiger charge is -2.36. The van der Waals surface area contributed by atoms with Crippen LogP contribution >= 0.6 is 0 Å².